The van der Waals surface area contributed by atoms with Gasteiger partial charge in [0, 0.05) is 5.57 Å². The van der Waals surface area contributed by atoms with Crippen LogP contribution in [0.5, 0.6) is 5.75 Å². The summed E-state index contributed by atoms with van der Waals surface area (Å²) in [5.74, 6) is -1.49. The minimum absolute atomic E-state index is 0.146. The van der Waals surface area contributed by atoms with Gasteiger partial charge in [0.1, 0.15) is 5.75 Å². The van der Waals surface area contributed by atoms with Crippen molar-refractivity contribution in [1.82, 2.24) is 0 Å². The Morgan fingerprint density at radius 3 is 2.50 bits per heavy atom. The minimum Gasteiger partial charge on any atom is -0.496 e. The van der Waals surface area contributed by atoms with Gasteiger partial charge in [-0.3, -0.25) is 0 Å². The summed E-state index contributed by atoms with van der Waals surface area (Å²) in [6.07, 6.45) is 1.83. The van der Waals surface area contributed by atoms with Crippen LogP contribution in [-0.2, 0) is 11.2 Å². The van der Waals surface area contributed by atoms with Crippen molar-refractivity contribution in [1.29, 1.82) is 0 Å². The molecular formula is C13H14O5. The molecule has 0 aromatic heterocycles. The lowest BCUT2D eigenvalue weighted by Crippen LogP contribution is -2.01. The first-order chi connectivity index (χ1) is 8.45. The molecule has 0 aliphatic carbocycles. The first-order valence-electron chi connectivity index (χ1n) is 5.26. The number of hydrogen-bond acceptors (Lipinski definition) is 3. The number of carboxylic acid groups (broad SMARTS) is 2. The molecule has 1 rings (SSSR count). The van der Waals surface area contributed by atoms with Crippen LogP contribution in [0, 0.1) is 0 Å². The van der Waals surface area contributed by atoms with E-state index in [2.05, 4.69) is 0 Å². The molecule has 1 aromatic rings. The average Bonchev–Trinajstić information content (AvgIpc) is 2.35. The summed E-state index contributed by atoms with van der Waals surface area (Å²) in [6, 6.07) is 4.48. The fourth-order valence-corrected chi connectivity index (χ4v) is 1.42. The molecule has 0 bridgehead atoms. The van der Waals surface area contributed by atoms with Crippen molar-refractivity contribution in [3.05, 3.63) is 41.0 Å². The summed E-state index contributed by atoms with van der Waals surface area (Å²) < 4.78 is 5.10. The van der Waals surface area contributed by atoms with Crippen LogP contribution in [-0.4, -0.2) is 29.3 Å². The maximum atomic E-state index is 10.8. The number of benzene rings is 1. The predicted octanol–water partition coefficient (Wildman–Crippen LogP) is 1.97. The zero-order chi connectivity index (χ0) is 13.7. The highest BCUT2D eigenvalue weighted by molar-refractivity contribution is 5.88. The summed E-state index contributed by atoms with van der Waals surface area (Å²) in [6.45, 7) is 1.48. The van der Waals surface area contributed by atoms with Crippen LogP contribution >= 0.6 is 0 Å². The number of rotatable bonds is 5. The highest BCUT2D eigenvalue weighted by Gasteiger charge is 2.08. The zero-order valence-corrected chi connectivity index (χ0v) is 10.1. The van der Waals surface area contributed by atoms with Gasteiger partial charge in [-0.25, -0.2) is 9.59 Å². The number of methoxy groups -OCH3 is 1. The molecule has 0 fully saturated rings. The van der Waals surface area contributed by atoms with E-state index < -0.39 is 11.9 Å². The van der Waals surface area contributed by atoms with E-state index in [4.69, 9.17) is 14.9 Å². The maximum absolute atomic E-state index is 10.8. The van der Waals surface area contributed by atoms with Gasteiger partial charge in [-0.05, 0) is 37.1 Å². The van der Waals surface area contributed by atoms with Crippen LogP contribution in [0.1, 0.15) is 22.8 Å². The van der Waals surface area contributed by atoms with Gasteiger partial charge in [-0.1, -0.05) is 6.08 Å². The average molecular weight is 250 g/mol. The molecule has 0 aliphatic rings. The predicted molar refractivity (Wildman–Crippen MR) is 65.1 cm³/mol. The number of aromatic carboxylic acids is 1. The molecule has 0 unspecified atom stereocenters. The number of aliphatic carboxylic acids is 1. The minimum atomic E-state index is -1.03. The standard InChI is InChI=1S/C13H14O5/c1-8(12(14)15)3-4-9-7-10(13(16)17)5-6-11(9)18-2/h3,5-7H,4H2,1-2H3,(H,14,15)(H,16,17). The molecule has 0 amide bonds. The molecule has 0 aliphatic heterocycles. The number of allylic oxidation sites excluding steroid dienone is 1. The molecule has 1 aromatic carbocycles. The molecule has 0 spiro atoms. The second kappa shape index (κ2) is 5.86. The van der Waals surface area contributed by atoms with E-state index in [1.807, 2.05) is 0 Å². The van der Waals surface area contributed by atoms with E-state index in [0.29, 0.717) is 17.7 Å². The Morgan fingerprint density at radius 1 is 1.33 bits per heavy atom. The fraction of sp³-hybridized carbons (Fsp3) is 0.231. The fourth-order valence-electron chi connectivity index (χ4n) is 1.42. The van der Waals surface area contributed by atoms with E-state index in [1.54, 1.807) is 6.07 Å². The molecule has 96 valence electrons. The Labute approximate surface area is 104 Å². The summed E-state index contributed by atoms with van der Waals surface area (Å²) >= 11 is 0. The van der Waals surface area contributed by atoms with E-state index in [-0.39, 0.29) is 11.1 Å². The Kier molecular flexibility index (Phi) is 4.48. The smallest absolute Gasteiger partial charge is 0.335 e. The normalized spacial score (nSPS) is 11.1. The molecule has 2 N–H and O–H groups in total. The van der Waals surface area contributed by atoms with Gasteiger partial charge >= 0.3 is 11.9 Å². The van der Waals surface area contributed by atoms with Gasteiger partial charge in [-0.15, -0.1) is 0 Å². The third-order valence-corrected chi connectivity index (χ3v) is 2.49. The summed E-state index contributed by atoms with van der Waals surface area (Å²) in [5.41, 5.74) is 0.989. The van der Waals surface area contributed by atoms with Gasteiger partial charge < -0.3 is 14.9 Å². The number of ether oxygens (including phenoxy) is 1. The van der Waals surface area contributed by atoms with Crippen molar-refractivity contribution in [3.8, 4) is 5.75 Å². The van der Waals surface area contributed by atoms with Crippen molar-refractivity contribution in [2.75, 3.05) is 7.11 Å². The molecule has 5 heteroatoms. The number of hydrogen-bond donors (Lipinski definition) is 2. The van der Waals surface area contributed by atoms with Crippen LogP contribution in [0.15, 0.2) is 29.8 Å². The summed E-state index contributed by atoms with van der Waals surface area (Å²) in [7, 11) is 1.48. The molecule has 0 heterocycles. The summed E-state index contributed by atoms with van der Waals surface area (Å²) in [4.78, 5) is 21.5. The van der Waals surface area contributed by atoms with Gasteiger partial charge in [-0.2, -0.15) is 0 Å². The Hall–Kier alpha value is -2.30. The monoisotopic (exact) mass is 250 g/mol. The molecule has 0 radical (unpaired) electrons. The zero-order valence-electron chi connectivity index (χ0n) is 10.1. The summed E-state index contributed by atoms with van der Waals surface area (Å²) in [5, 5.41) is 17.6. The third-order valence-electron chi connectivity index (χ3n) is 2.49. The highest BCUT2D eigenvalue weighted by atomic mass is 16.5. The van der Waals surface area contributed by atoms with Crippen LogP contribution in [0.3, 0.4) is 0 Å². The number of carbonyl (C=O) groups is 2. The van der Waals surface area contributed by atoms with Gasteiger partial charge in [0.15, 0.2) is 0 Å². The Bertz CT molecular complexity index is 502. The van der Waals surface area contributed by atoms with E-state index >= 15 is 0 Å². The molecule has 0 saturated heterocycles. The first kappa shape index (κ1) is 13.8. The van der Waals surface area contributed by atoms with Gasteiger partial charge in [0.25, 0.3) is 0 Å². The van der Waals surface area contributed by atoms with Crippen LogP contribution < -0.4 is 4.74 Å². The van der Waals surface area contributed by atoms with E-state index in [9.17, 15) is 9.59 Å². The van der Waals surface area contributed by atoms with Crippen molar-refractivity contribution >= 4 is 11.9 Å². The topological polar surface area (TPSA) is 83.8 Å². The van der Waals surface area contributed by atoms with Gasteiger partial charge in [0.2, 0.25) is 0 Å². The van der Waals surface area contributed by atoms with E-state index in [1.165, 1.54) is 32.2 Å². The van der Waals surface area contributed by atoms with Crippen LogP contribution in [0.4, 0.5) is 0 Å². The molecule has 0 saturated carbocycles. The van der Waals surface area contributed by atoms with Crippen LogP contribution in [0.25, 0.3) is 0 Å². The lowest BCUT2D eigenvalue weighted by Gasteiger charge is -2.07. The highest BCUT2D eigenvalue weighted by Crippen LogP contribution is 2.21. The quantitative estimate of drug-likeness (QED) is 0.780. The van der Waals surface area contributed by atoms with Crippen molar-refractivity contribution in [2.24, 2.45) is 0 Å². The lowest BCUT2D eigenvalue weighted by molar-refractivity contribution is -0.132. The second-order valence-electron chi connectivity index (χ2n) is 3.73. The molecular weight excluding hydrogens is 236 g/mol. The van der Waals surface area contributed by atoms with Gasteiger partial charge in [0.05, 0.1) is 12.7 Å². The maximum Gasteiger partial charge on any atom is 0.335 e. The second-order valence-corrected chi connectivity index (χ2v) is 3.73. The van der Waals surface area contributed by atoms with Crippen molar-refractivity contribution in [2.45, 2.75) is 13.3 Å². The van der Waals surface area contributed by atoms with Crippen molar-refractivity contribution in [3.63, 3.8) is 0 Å². The Balaban J connectivity index is 3.05. The molecule has 18 heavy (non-hydrogen) atoms. The Morgan fingerprint density at radius 2 is 2.00 bits per heavy atom. The first-order valence-corrected chi connectivity index (χ1v) is 5.26. The number of carboxylic acids is 2. The SMILES string of the molecule is COc1ccc(C(=O)O)cc1CC=C(C)C(=O)O. The van der Waals surface area contributed by atoms with Crippen LogP contribution in [0.2, 0.25) is 0 Å². The largest absolute Gasteiger partial charge is 0.496 e. The van der Waals surface area contributed by atoms with E-state index in [0.717, 1.165) is 0 Å². The van der Waals surface area contributed by atoms with Crippen molar-refractivity contribution < 1.29 is 24.5 Å². The molecule has 5 nitrogen and oxygen atoms in total. The molecule has 0 atom stereocenters. The third kappa shape index (κ3) is 3.35. The lowest BCUT2D eigenvalue weighted by atomic mass is 10.1.